The van der Waals surface area contributed by atoms with Gasteiger partial charge in [-0.05, 0) is 25.0 Å². The van der Waals surface area contributed by atoms with Crippen LogP contribution in [0.4, 0.5) is 8.78 Å². The number of aliphatic hydroxyl groups excluding tert-OH is 1. The van der Waals surface area contributed by atoms with Crippen LogP contribution in [0.2, 0.25) is 0 Å². The Balaban J connectivity index is 0.00000363. The SMILES string of the molecule is COc1ccnc(C[S+]([O-])c2nc3cc(OC(F)F)ccc3n2CCCCO)c1OC.[NaH]. The number of ether oxygens (including phenoxy) is 3. The van der Waals surface area contributed by atoms with E-state index in [9.17, 15) is 13.3 Å². The molecule has 1 unspecified atom stereocenters. The van der Waals surface area contributed by atoms with Crippen molar-refractivity contribution in [3.63, 3.8) is 0 Å². The van der Waals surface area contributed by atoms with Crippen molar-refractivity contribution in [3.8, 4) is 17.2 Å². The second-order valence-corrected chi connectivity index (χ2v) is 7.83. The molecule has 3 aromatic rings. The molecule has 0 aliphatic heterocycles. The number of unbranched alkanes of at least 4 members (excludes halogenated alkanes) is 1. The molecule has 0 aliphatic rings. The van der Waals surface area contributed by atoms with Crippen molar-refractivity contribution in [3.05, 3.63) is 36.2 Å². The number of aryl methyl sites for hydroxylation is 1. The number of pyridine rings is 1. The van der Waals surface area contributed by atoms with Crippen LogP contribution in [0.25, 0.3) is 11.0 Å². The van der Waals surface area contributed by atoms with Crippen molar-refractivity contribution in [2.24, 2.45) is 0 Å². The second kappa shape index (κ2) is 12.6. The maximum atomic E-state index is 13.3. The van der Waals surface area contributed by atoms with E-state index in [1.165, 1.54) is 32.5 Å². The molecule has 2 heterocycles. The first-order chi connectivity index (χ1) is 15.0. The van der Waals surface area contributed by atoms with E-state index in [2.05, 4.69) is 14.7 Å². The molecular weight excluding hydrogens is 455 g/mol. The Kier molecular flexibility index (Phi) is 10.5. The average molecular weight is 479 g/mol. The summed E-state index contributed by atoms with van der Waals surface area (Å²) in [5, 5.41) is 9.37. The topological polar surface area (TPSA) is 102 Å². The van der Waals surface area contributed by atoms with Gasteiger partial charge in [0.15, 0.2) is 17.3 Å². The molecule has 1 N–H and O–H groups in total. The Morgan fingerprint density at radius 3 is 2.62 bits per heavy atom. The van der Waals surface area contributed by atoms with E-state index in [1.54, 1.807) is 16.7 Å². The van der Waals surface area contributed by atoms with Crippen LogP contribution in [0.1, 0.15) is 18.5 Å². The zero-order chi connectivity index (χ0) is 22.4. The maximum absolute atomic E-state index is 13.3. The summed E-state index contributed by atoms with van der Waals surface area (Å²) in [6, 6.07) is 6.04. The minimum atomic E-state index is -2.95. The fourth-order valence-electron chi connectivity index (χ4n) is 3.18. The van der Waals surface area contributed by atoms with Gasteiger partial charge in [-0.1, -0.05) is 0 Å². The van der Waals surface area contributed by atoms with Crippen LogP contribution in [0, 0.1) is 0 Å². The summed E-state index contributed by atoms with van der Waals surface area (Å²) in [7, 11) is 2.97. The van der Waals surface area contributed by atoms with Crippen LogP contribution in [-0.4, -0.2) is 81.2 Å². The zero-order valence-electron chi connectivity index (χ0n) is 17.1. The number of benzene rings is 1. The summed E-state index contributed by atoms with van der Waals surface area (Å²) in [5.41, 5.74) is 1.46. The molecule has 0 saturated heterocycles. The summed E-state index contributed by atoms with van der Waals surface area (Å²) >= 11 is -1.62. The monoisotopic (exact) mass is 479 g/mol. The molecule has 3 rings (SSSR count). The van der Waals surface area contributed by atoms with Crippen molar-refractivity contribution in [2.45, 2.75) is 36.9 Å². The molecule has 0 amide bonds. The number of hydrogen-bond acceptors (Lipinski definition) is 7. The average Bonchev–Trinajstić information content (AvgIpc) is 3.11. The number of nitrogens with zero attached hydrogens (tertiary/aromatic N) is 3. The molecule has 12 heteroatoms. The van der Waals surface area contributed by atoms with Crippen molar-refractivity contribution in [1.29, 1.82) is 0 Å². The molecule has 0 radical (unpaired) electrons. The minimum absolute atomic E-state index is 0. The third-order valence-corrected chi connectivity index (χ3v) is 5.79. The van der Waals surface area contributed by atoms with Gasteiger partial charge in [0, 0.05) is 42.7 Å². The second-order valence-electron chi connectivity index (χ2n) is 6.49. The number of alkyl halides is 2. The first kappa shape index (κ1) is 26.6. The number of aromatic nitrogens is 3. The van der Waals surface area contributed by atoms with Crippen molar-refractivity contribution in [2.75, 3.05) is 20.8 Å². The molecule has 0 fully saturated rings. The molecule has 0 saturated carbocycles. The van der Waals surface area contributed by atoms with E-state index in [0.29, 0.717) is 47.6 Å². The molecule has 32 heavy (non-hydrogen) atoms. The van der Waals surface area contributed by atoms with Gasteiger partial charge in [-0.3, -0.25) is 9.55 Å². The van der Waals surface area contributed by atoms with Crippen LogP contribution in [0.3, 0.4) is 0 Å². The molecular formula is C20H24F2N3NaO5S. The fourth-order valence-corrected chi connectivity index (χ4v) is 4.40. The van der Waals surface area contributed by atoms with Gasteiger partial charge < -0.3 is 23.9 Å². The van der Waals surface area contributed by atoms with E-state index < -0.39 is 17.8 Å². The van der Waals surface area contributed by atoms with Crippen molar-refractivity contribution < 1.29 is 32.7 Å². The summed E-state index contributed by atoms with van der Waals surface area (Å²) in [4.78, 5) is 8.69. The number of imidazole rings is 1. The van der Waals surface area contributed by atoms with Gasteiger partial charge in [-0.15, -0.1) is 0 Å². The van der Waals surface area contributed by atoms with Gasteiger partial charge in [0.25, 0.3) is 0 Å². The van der Waals surface area contributed by atoms with Crippen LogP contribution < -0.4 is 14.2 Å². The molecule has 1 atom stereocenters. The van der Waals surface area contributed by atoms with E-state index >= 15 is 0 Å². The number of methoxy groups -OCH3 is 2. The fraction of sp³-hybridized carbons (Fsp3) is 0.400. The van der Waals surface area contributed by atoms with Gasteiger partial charge in [-0.25, -0.2) is 0 Å². The van der Waals surface area contributed by atoms with Crippen molar-refractivity contribution >= 4 is 51.8 Å². The number of hydrogen-bond donors (Lipinski definition) is 1. The number of halogens is 2. The Hall–Kier alpha value is -1.63. The molecule has 0 aliphatic carbocycles. The number of rotatable bonds is 11. The normalized spacial score (nSPS) is 12.0. The Bertz CT molecular complexity index is 1020. The molecule has 2 aromatic heterocycles. The van der Waals surface area contributed by atoms with Crippen LogP contribution in [-0.2, 0) is 23.5 Å². The Morgan fingerprint density at radius 2 is 1.97 bits per heavy atom. The van der Waals surface area contributed by atoms with E-state index in [1.807, 2.05) is 0 Å². The van der Waals surface area contributed by atoms with E-state index in [0.717, 1.165) is 0 Å². The van der Waals surface area contributed by atoms with Gasteiger partial charge in [0.2, 0.25) is 0 Å². The molecule has 170 valence electrons. The third-order valence-electron chi connectivity index (χ3n) is 4.54. The van der Waals surface area contributed by atoms with E-state index in [4.69, 9.17) is 14.6 Å². The van der Waals surface area contributed by atoms with Gasteiger partial charge in [0.05, 0.1) is 25.3 Å². The number of fused-ring (bicyclic) bond motifs is 1. The summed E-state index contributed by atoms with van der Waals surface area (Å²) in [6.07, 6.45) is 2.72. The molecule has 0 bridgehead atoms. The summed E-state index contributed by atoms with van der Waals surface area (Å²) < 4.78 is 55.2. The van der Waals surface area contributed by atoms with Crippen LogP contribution >= 0.6 is 0 Å². The molecule has 8 nitrogen and oxygen atoms in total. The van der Waals surface area contributed by atoms with Crippen molar-refractivity contribution in [1.82, 2.24) is 14.5 Å². The van der Waals surface area contributed by atoms with Gasteiger partial charge in [0.1, 0.15) is 11.4 Å². The van der Waals surface area contributed by atoms with Crippen LogP contribution in [0.5, 0.6) is 17.2 Å². The van der Waals surface area contributed by atoms with Gasteiger partial charge >= 0.3 is 41.3 Å². The third kappa shape index (κ3) is 6.24. The summed E-state index contributed by atoms with van der Waals surface area (Å²) in [5.74, 6) is 0.837. The number of aliphatic hydroxyl groups is 1. The van der Waals surface area contributed by atoms with Gasteiger partial charge in [-0.2, -0.15) is 13.8 Å². The van der Waals surface area contributed by atoms with Crippen LogP contribution in [0.15, 0.2) is 35.6 Å². The summed E-state index contributed by atoms with van der Waals surface area (Å²) in [6.45, 7) is -2.47. The first-order valence-electron chi connectivity index (χ1n) is 9.48. The molecule has 0 spiro atoms. The molecule has 1 aromatic carbocycles. The first-order valence-corrected chi connectivity index (χ1v) is 10.8. The predicted octanol–water partition coefficient (Wildman–Crippen LogP) is 2.48. The Labute approximate surface area is 209 Å². The zero-order valence-corrected chi connectivity index (χ0v) is 17.9. The quantitative estimate of drug-likeness (QED) is 0.256. The predicted molar refractivity (Wildman–Crippen MR) is 117 cm³/mol. The Morgan fingerprint density at radius 1 is 1.19 bits per heavy atom. The van der Waals surface area contributed by atoms with E-state index in [-0.39, 0.29) is 52.8 Å². The standard InChI is InChI=1S/C20H23F2N3O5S.Na.H/c1-28-17-7-8-23-15(18(17)29-2)12-31(27)20-24-14-11-13(30-19(21)22)5-6-16(14)25(20)9-3-4-10-26;;/h5-8,11,19,26H,3-4,9-10,12H2,1-2H3;;.